The number of hydrogen-bond acceptors (Lipinski definition) is 4. The summed E-state index contributed by atoms with van der Waals surface area (Å²) < 4.78 is 0. The predicted molar refractivity (Wildman–Crippen MR) is 63.6 cm³/mol. The van der Waals surface area contributed by atoms with Crippen molar-refractivity contribution in [2.24, 2.45) is 0 Å². The summed E-state index contributed by atoms with van der Waals surface area (Å²) in [6, 6.07) is 3.86. The molecule has 1 atom stereocenters. The maximum atomic E-state index is 11.1. The molecule has 1 unspecified atom stereocenters. The molecule has 0 amide bonds. The summed E-state index contributed by atoms with van der Waals surface area (Å²) >= 11 is 1.54. The Morgan fingerprint density at radius 2 is 2.44 bits per heavy atom. The summed E-state index contributed by atoms with van der Waals surface area (Å²) in [4.78, 5) is 19.4. The molecule has 3 nitrogen and oxygen atoms in total. The summed E-state index contributed by atoms with van der Waals surface area (Å²) in [5.74, 6) is -0.150. The lowest BCUT2D eigenvalue weighted by Gasteiger charge is -2.06. The maximum Gasteiger partial charge on any atom is 0.130 e. The second kappa shape index (κ2) is 4.99. The fourth-order valence-electron chi connectivity index (χ4n) is 1.51. The van der Waals surface area contributed by atoms with Crippen LogP contribution in [0.5, 0.6) is 0 Å². The van der Waals surface area contributed by atoms with Crippen molar-refractivity contribution >= 4 is 17.6 Å². The zero-order valence-electron chi connectivity index (χ0n) is 8.96. The Morgan fingerprint density at radius 3 is 3.00 bits per heavy atom. The minimum atomic E-state index is -0.150. The molecule has 0 saturated carbocycles. The van der Waals surface area contributed by atoms with Crippen LogP contribution in [0.15, 0.2) is 29.9 Å². The molecule has 4 heteroatoms. The molecule has 2 aromatic rings. The van der Waals surface area contributed by atoms with Gasteiger partial charge in [0.2, 0.25) is 0 Å². The summed E-state index contributed by atoms with van der Waals surface area (Å²) in [5, 5.41) is 2.85. The second-order valence-corrected chi connectivity index (χ2v) is 4.52. The molecular formula is C12H12N2OS. The fraction of sp³-hybridized carbons (Fsp3) is 0.250. The summed E-state index contributed by atoms with van der Waals surface area (Å²) in [7, 11) is 0. The molecule has 0 aliphatic heterocycles. The molecule has 82 valence electrons. The smallest absolute Gasteiger partial charge is 0.130 e. The van der Waals surface area contributed by atoms with Crippen molar-refractivity contribution < 1.29 is 4.79 Å². The lowest BCUT2D eigenvalue weighted by atomic mass is 10.0. The summed E-state index contributed by atoms with van der Waals surface area (Å²) in [5.41, 5.74) is 2.03. The molecule has 0 bridgehead atoms. The van der Waals surface area contributed by atoms with Gasteiger partial charge in [-0.25, -0.2) is 4.98 Å². The highest BCUT2D eigenvalue weighted by Gasteiger charge is 2.14. The summed E-state index contributed by atoms with van der Waals surface area (Å²) in [6.07, 6.45) is 5.15. The molecule has 16 heavy (non-hydrogen) atoms. The average molecular weight is 232 g/mol. The molecule has 2 aromatic heterocycles. The van der Waals surface area contributed by atoms with E-state index >= 15 is 0 Å². The van der Waals surface area contributed by atoms with Crippen molar-refractivity contribution in [2.45, 2.75) is 19.3 Å². The number of carbonyl (C=O) groups is 1. The third-order valence-electron chi connectivity index (χ3n) is 2.30. The third kappa shape index (κ3) is 2.52. The SMILES string of the molecule is Cc1csc(C(C=O)Cc2cccnc2)n1. The van der Waals surface area contributed by atoms with E-state index in [2.05, 4.69) is 9.97 Å². The Hall–Kier alpha value is -1.55. The first-order valence-corrected chi connectivity index (χ1v) is 5.94. The third-order valence-corrected chi connectivity index (χ3v) is 3.39. The van der Waals surface area contributed by atoms with Crippen LogP contribution in [0.1, 0.15) is 22.2 Å². The van der Waals surface area contributed by atoms with Gasteiger partial charge in [-0.3, -0.25) is 4.98 Å². The number of nitrogens with zero attached hydrogens (tertiary/aromatic N) is 2. The van der Waals surface area contributed by atoms with Gasteiger partial charge in [-0.1, -0.05) is 6.07 Å². The van der Waals surface area contributed by atoms with Crippen LogP contribution in [0.4, 0.5) is 0 Å². The van der Waals surface area contributed by atoms with E-state index < -0.39 is 0 Å². The van der Waals surface area contributed by atoms with Gasteiger partial charge >= 0.3 is 0 Å². The molecule has 0 aliphatic carbocycles. The van der Waals surface area contributed by atoms with Crippen LogP contribution in [0.25, 0.3) is 0 Å². The minimum absolute atomic E-state index is 0.150. The highest BCUT2D eigenvalue weighted by Crippen LogP contribution is 2.22. The Kier molecular flexibility index (Phi) is 3.41. The maximum absolute atomic E-state index is 11.1. The standard InChI is InChI=1S/C12H12N2OS/c1-9-8-16-12(14-9)11(7-15)5-10-3-2-4-13-6-10/h2-4,6-8,11H,5H2,1H3. The van der Waals surface area contributed by atoms with E-state index in [1.807, 2.05) is 24.4 Å². The zero-order valence-corrected chi connectivity index (χ0v) is 9.78. The van der Waals surface area contributed by atoms with Gasteiger partial charge in [0.15, 0.2) is 0 Å². The van der Waals surface area contributed by atoms with E-state index in [-0.39, 0.29) is 5.92 Å². The molecule has 0 aromatic carbocycles. The monoisotopic (exact) mass is 232 g/mol. The van der Waals surface area contributed by atoms with E-state index in [4.69, 9.17) is 0 Å². The van der Waals surface area contributed by atoms with E-state index in [0.29, 0.717) is 6.42 Å². The van der Waals surface area contributed by atoms with Gasteiger partial charge in [0, 0.05) is 23.5 Å². The number of hydrogen-bond donors (Lipinski definition) is 0. The molecule has 2 rings (SSSR count). The highest BCUT2D eigenvalue weighted by molar-refractivity contribution is 7.09. The number of thiazole rings is 1. The molecule has 0 radical (unpaired) electrons. The Labute approximate surface area is 98.2 Å². The van der Waals surface area contributed by atoms with Gasteiger partial charge in [0.05, 0.1) is 5.92 Å². The van der Waals surface area contributed by atoms with Gasteiger partial charge in [-0.2, -0.15) is 0 Å². The Bertz CT molecular complexity index is 467. The first-order chi connectivity index (χ1) is 7.79. The molecule has 0 spiro atoms. The van der Waals surface area contributed by atoms with Crippen molar-refractivity contribution in [2.75, 3.05) is 0 Å². The molecule has 2 heterocycles. The van der Waals surface area contributed by atoms with Crippen molar-refractivity contribution in [3.05, 3.63) is 46.2 Å². The largest absolute Gasteiger partial charge is 0.303 e. The minimum Gasteiger partial charge on any atom is -0.303 e. The van der Waals surface area contributed by atoms with Crippen molar-refractivity contribution in [3.8, 4) is 0 Å². The number of pyridine rings is 1. The van der Waals surface area contributed by atoms with Crippen molar-refractivity contribution in [3.63, 3.8) is 0 Å². The molecular weight excluding hydrogens is 220 g/mol. The molecule has 0 saturated heterocycles. The van der Waals surface area contributed by atoms with E-state index in [0.717, 1.165) is 22.6 Å². The van der Waals surface area contributed by atoms with Crippen LogP contribution < -0.4 is 0 Å². The van der Waals surface area contributed by atoms with Crippen LogP contribution in [-0.2, 0) is 11.2 Å². The number of aromatic nitrogens is 2. The van der Waals surface area contributed by atoms with Crippen LogP contribution >= 0.6 is 11.3 Å². The molecule has 0 aliphatic rings. The van der Waals surface area contributed by atoms with Crippen LogP contribution in [-0.4, -0.2) is 16.3 Å². The van der Waals surface area contributed by atoms with E-state index in [1.165, 1.54) is 11.3 Å². The first kappa shape index (κ1) is 11.0. The van der Waals surface area contributed by atoms with E-state index in [1.54, 1.807) is 12.4 Å². The number of aldehydes is 1. The van der Waals surface area contributed by atoms with Gasteiger partial charge in [-0.15, -0.1) is 11.3 Å². The lowest BCUT2D eigenvalue weighted by molar-refractivity contribution is -0.109. The summed E-state index contributed by atoms with van der Waals surface area (Å²) in [6.45, 7) is 1.94. The van der Waals surface area contributed by atoms with Gasteiger partial charge in [0.1, 0.15) is 11.3 Å². The normalized spacial score (nSPS) is 12.3. The van der Waals surface area contributed by atoms with Crippen LogP contribution in [0, 0.1) is 6.92 Å². The van der Waals surface area contributed by atoms with Gasteiger partial charge < -0.3 is 4.79 Å². The molecule has 0 fully saturated rings. The quantitative estimate of drug-likeness (QED) is 0.760. The van der Waals surface area contributed by atoms with Gasteiger partial charge in [0.25, 0.3) is 0 Å². The number of aryl methyl sites for hydroxylation is 1. The fourth-order valence-corrected chi connectivity index (χ4v) is 2.36. The zero-order chi connectivity index (χ0) is 11.4. The van der Waals surface area contributed by atoms with Crippen molar-refractivity contribution in [1.29, 1.82) is 0 Å². The Balaban J connectivity index is 2.15. The van der Waals surface area contributed by atoms with Crippen molar-refractivity contribution in [1.82, 2.24) is 9.97 Å². The second-order valence-electron chi connectivity index (χ2n) is 3.64. The van der Waals surface area contributed by atoms with Crippen LogP contribution in [0.2, 0.25) is 0 Å². The van der Waals surface area contributed by atoms with E-state index in [9.17, 15) is 4.79 Å². The topological polar surface area (TPSA) is 42.9 Å². The first-order valence-electron chi connectivity index (χ1n) is 5.06. The number of carbonyl (C=O) groups excluding carboxylic acids is 1. The highest BCUT2D eigenvalue weighted by atomic mass is 32.1. The Morgan fingerprint density at radius 1 is 1.56 bits per heavy atom. The van der Waals surface area contributed by atoms with Gasteiger partial charge in [-0.05, 0) is 25.0 Å². The average Bonchev–Trinajstić information content (AvgIpc) is 2.74. The predicted octanol–water partition coefficient (Wildman–Crippen LogP) is 2.37. The van der Waals surface area contributed by atoms with Crippen LogP contribution in [0.3, 0.4) is 0 Å². The molecule has 0 N–H and O–H groups in total. The number of rotatable bonds is 4. The lowest BCUT2D eigenvalue weighted by Crippen LogP contribution is -2.04.